The number of halogens is 2. The first-order chi connectivity index (χ1) is 8.95. The van der Waals surface area contributed by atoms with E-state index in [2.05, 4.69) is 22.5 Å². The Balaban J connectivity index is 2.86. The van der Waals surface area contributed by atoms with Gasteiger partial charge in [0.15, 0.2) is 0 Å². The molecule has 5 nitrogen and oxygen atoms in total. The minimum atomic E-state index is -1.15. The van der Waals surface area contributed by atoms with Crippen LogP contribution in [0, 0.1) is 11.8 Å². The van der Waals surface area contributed by atoms with E-state index in [0.29, 0.717) is 0 Å². The highest BCUT2D eigenvalue weighted by atomic mass is 35.5. The maximum Gasteiger partial charge on any atom is 0.335 e. The molecule has 0 spiro atoms. The van der Waals surface area contributed by atoms with Crippen molar-refractivity contribution in [3.05, 3.63) is 27.7 Å². The van der Waals surface area contributed by atoms with Gasteiger partial charge < -0.3 is 15.7 Å². The smallest absolute Gasteiger partial charge is 0.335 e. The molecule has 0 unspecified atom stereocenters. The highest BCUT2D eigenvalue weighted by Gasteiger charge is 2.14. The minimum absolute atomic E-state index is 0.0432. The Labute approximate surface area is 119 Å². The molecule has 0 atom stereocenters. The second kappa shape index (κ2) is 6.88. The van der Waals surface area contributed by atoms with Gasteiger partial charge in [0.05, 0.1) is 27.8 Å². The molecule has 0 aliphatic heterocycles. The number of rotatable bonds is 3. The van der Waals surface area contributed by atoms with Gasteiger partial charge in [-0.05, 0) is 19.1 Å². The van der Waals surface area contributed by atoms with E-state index in [1.54, 1.807) is 6.92 Å². The Morgan fingerprint density at radius 1 is 1.32 bits per heavy atom. The van der Waals surface area contributed by atoms with Crippen molar-refractivity contribution in [1.82, 2.24) is 5.32 Å². The van der Waals surface area contributed by atoms with Crippen molar-refractivity contribution in [2.75, 3.05) is 11.9 Å². The number of carboxylic acid groups (broad SMARTS) is 1. The number of urea groups is 1. The third kappa shape index (κ3) is 4.36. The molecule has 0 aliphatic rings. The Bertz CT molecular complexity index is 553. The van der Waals surface area contributed by atoms with E-state index in [1.165, 1.54) is 12.1 Å². The van der Waals surface area contributed by atoms with Gasteiger partial charge in [-0.25, -0.2) is 9.59 Å². The number of aromatic carboxylic acids is 1. The summed E-state index contributed by atoms with van der Waals surface area (Å²) in [6.07, 6.45) is 0. The predicted molar refractivity (Wildman–Crippen MR) is 73.9 cm³/mol. The first kappa shape index (κ1) is 15.2. The summed E-state index contributed by atoms with van der Waals surface area (Å²) in [5.41, 5.74) is 0.0908. The average Bonchev–Trinajstić information content (AvgIpc) is 2.33. The van der Waals surface area contributed by atoms with E-state index in [0.717, 1.165) is 0 Å². The third-order valence-corrected chi connectivity index (χ3v) is 2.64. The molecule has 0 fully saturated rings. The average molecular weight is 301 g/mol. The van der Waals surface area contributed by atoms with E-state index in [-0.39, 0.29) is 27.8 Å². The van der Waals surface area contributed by atoms with Crippen LogP contribution in [0.1, 0.15) is 17.3 Å². The molecule has 0 saturated heterocycles. The molecule has 0 saturated carbocycles. The molecule has 0 heterocycles. The first-order valence-electron chi connectivity index (χ1n) is 5.12. The van der Waals surface area contributed by atoms with Crippen LogP contribution in [-0.4, -0.2) is 23.7 Å². The van der Waals surface area contributed by atoms with Crippen LogP contribution in [0.15, 0.2) is 12.1 Å². The molecular weight excluding hydrogens is 291 g/mol. The van der Waals surface area contributed by atoms with Gasteiger partial charge >= 0.3 is 12.0 Å². The van der Waals surface area contributed by atoms with Crippen LogP contribution in [0.3, 0.4) is 0 Å². The minimum Gasteiger partial charge on any atom is -0.478 e. The van der Waals surface area contributed by atoms with Crippen molar-refractivity contribution in [3.63, 3.8) is 0 Å². The Morgan fingerprint density at radius 2 is 1.89 bits per heavy atom. The van der Waals surface area contributed by atoms with Gasteiger partial charge in [-0.3, -0.25) is 0 Å². The topological polar surface area (TPSA) is 78.4 Å². The Morgan fingerprint density at radius 3 is 2.37 bits per heavy atom. The van der Waals surface area contributed by atoms with Crippen LogP contribution < -0.4 is 10.6 Å². The van der Waals surface area contributed by atoms with E-state index < -0.39 is 12.0 Å². The van der Waals surface area contributed by atoms with Gasteiger partial charge in [0.2, 0.25) is 0 Å². The fourth-order valence-electron chi connectivity index (χ4n) is 1.19. The molecule has 0 aromatic heterocycles. The zero-order chi connectivity index (χ0) is 14.4. The second-order valence-corrected chi connectivity index (χ2v) is 4.17. The van der Waals surface area contributed by atoms with Crippen molar-refractivity contribution < 1.29 is 14.7 Å². The Hall–Kier alpha value is -1.90. The van der Waals surface area contributed by atoms with E-state index >= 15 is 0 Å². The molecular formula is C12H10Cl2N2O3. The molecule has 3 N–H and O–H groups in total. The summed E-state index contributed by atoms with van der Waals surface area (Å²) in [5, 5.41) is 13.8. The standard InChI is InChI=1S/C12H10Cl2N2O3/c1-2-3-4-15-12(19)16-10-8(13)5-7(11(17)18)6-9(10)14/h5-6H,4H2,1H3,(H,17,18)(H2,15,16,19). The molecule has 2 amide bonds. The summed E-state index contributed by atoms with van der Waals surface area (Å²) in [4.78, 5) is 22.3. The number of anilines is 1. The van der Waals surface area contributed by atoms with Crippen LogP contribution >= 0.6 is 23.2 Å². The number of nitrogens with one attached hydrogen (secondary N) is 2. The summed E-state index contributed by atoms with van der Waals surface area (Å²) in [6, 6.07) is 1.88. The monoisotopic (exact) mass is 300 g/mol. The number of carbonyl (C=O) groups excluding carboxylic acids is 1. The number of carboxylic acids is 1. The van der Waals surface area contributed by atoms with Gasteiger partial charge in [0, 0.05) is 0 Å². The lowest BCUT2D eigenvalue weighted by Gasteiger charge is -2.10. The first-order valence-corrected chi connectivity index (χ1v) is 5.88. The zero-order valence-corrected chi connectivity index (χ0v) is 11.4. The fraction of sp³-hybridized carbons (Fsp3) is 0.167. The molecule has 19 heavy (non-hydrogen) atoms. The van der Waals surface area contributed by atoms with Gasteiger partial charge in [-0.2, -0.15) is 0 Å². The summed E-state index contributed by atoms with van der Waals surface area (Å²) in [7, 11) is 0. The normalized spacial score (nSPS) is 9.21. The number of benzene rings is 1. The van der Waals surface area contributed by atoms with Crippen LogP contribution in [0.25, 0.3) is 0 Å². The van der Waals surface area contributed by atoms with Crippen LogP contribution in [0.5, 0.6) is 0 Å². The molecule has 1 aromatic carbocycles. The number of hydrogen-bond donors (Lipinski definition) is 3. The summed E-state index contributed by atoms with van der Waals surface area (Å²) in [6.45, 7) is 1.84. The quantitative estimate of drug-likeness (QED) is 0.751. The van der Waals surface area contributed by atoms with Gasteiger partial charge in [0.25, 0.3) is 0 Å². The summed E-state index contributed by atoms with van der Waals surface area (Å²) in [5.74, 6) is 4.12. The molecule has 1 rings (SSSR count). The molecule has 0 aliphatic carbocycles. The largest absolute Gasteiger partial charge is 0.478 e. The highest BCUT2D eigenvalue weighted by molar-refractivity contribution is 6.40. The fourth-order valence-corrected chi connectivity index (χ4v) is 1.77. The lowest BCUT2D eigenvalue weighted by molar-refractivity contribution is 0.0697. The molecule has 7 heteroatoms. The molecule has 0 radical (unpaired) electrons. The lowest BCUT2D eigenvalue weighted by Crippen LogP contribution is -2.29. The number of amides is 2. The van der Waals surface area contributed by atoms with Crippen LogP contribution in [-0.2, 0) is 0 Å². The van der Waals surface area contributed by atoms with Crippen molar-refractivity contribution in [3.8, 4) is 11.8 Å². The Kier molecular flexibility index (Phi) is 5.49. The highest BCUT2D eigenvalue weighted by Crippen LogP contribution is 2.31. The van der Waals surface area contributed by atoms with Gasteiger partial charge in [0.1, 0.15) is 0 Å². The predicted octanol–water partition coefficient (Wildman–Crippen LogP) is 2.84. The van der Waals surface area contributed by atoms with Crippen molar-refractivity contribution in [2.24, 2.45) is 0 Å². The SMILES string of the molecule is CC#CCNC(=O)Nc1c(Cl)cc(C(=O)O)cc1Cl. The van der Waals surface area contributed by atoms with Crippen LogP contribution in [0.4, 0.5) is 10.5 Å². The maximum atomic E-state index is 11.5. The van der Waals surface area contributed by atoms with Crippen molar-refractivity contribution in [1.29, 1.82) is 0 Å². The molecule has 1 aromatic rings. The maximum absolute atomic E-state index is 11.5. The molecule has 0 bridgehead atoms. The van der Waals surface area contributed by atoms with E-state index in [1.807, 2.05) is 0 Å². The van der Waals surface area contributed by atoms with Crippen LogP contribution in [0.2, 0.25) is 10.0 Å². The lowest BCUT2D eigenvalue weighted by atomic mass is 10.2. The summed E-state index contributed by atoms with van der Waals surface area (Å²) < 4.78 is 0. The van der Waals surface area contributed by atoms with Crippen molar-refractivity contribution >= 4 is 40.9 Å². The third-order valence-electron chi connectivity index (χ3n) is 2.04. The van der Waals surface area contributed by atoms with E-state index in [9.17, 15) is 9.59 Å². The summed E-state index contributed by atoms with van der Waals surface area (Å²) >= 11 is 11.7. The van der Waals surface area contributed by atoms with Gasteiger partial charge in [-0.15, -0.1) is 5.92 Å². The number of carbonyl (C=O) groups is 2. The zero-order valence-electron chi connectivity index (χ0n) is 9.88. The molecule has 100 valence electrons. The van der Waals surface area contributed by atoms with Crippen molar-refractivity contribution in [2.45, 2.75) is 6.92 Å². The second-order valence-electron chi connectivity index (χ2n) is 3.35. The van der Waals surface area contributed by atoms with Gasteiger partial charge in [-0.1, -0.05) is 29.1 Å². The number of hydrogen-bond acceptors (Lipinski definition) is 2. The van der Waals surface area contributed by atoms with E-state index in [4.69, 9.17) is 28.3 Å².